The van der Waals surface area contributed by atoms with Crippen LogP contribution in [0.3, 0.4) is 0 Å². The normalized spacial score (nSPS) is 23.2. The summed E-state index contributed by atoms with van der Waals surface area (Å²) in [5.41, 5.74) is 0. The zero-order valence-electron chi connectivity index (χ0n) is 10.1. The highest BCUT2D eigenvalue weighted by Crippen LogP contribution is 2.10. The standard InChI is InChI=1S/C11H21N5/c1-9(11-15-14-8-16(11)2)13-7-10-5-3-4-6-12-10/h8-10,12-13H,3-7H2,1-2H3. The van der Waals surface area contributed by atoms with Crippen molar-refractivity contribution in [1.29, 1.82) is 0 Å². The van der Waals surface area contributed by atoms with Crippen molar-refractivity contribution in [3.8, 4) is 0 Å². The minimum Gasteiger partial charge on any atom is -0.319 e. The summed E-state index contributed by atoms with van der Waals surface area (Å²) >= 11 is 0. The van der Waals surface area contributed by atoms with Crippen LogP contribution in [0.25, 0.3) is 0 Å². The third-order valence-electron chi connectivity index (χ3n) is 3.22. The van der Waals surface area contributed by atoms with Gasteiger partial charge in [-0.3, -0.25) is 0 Å². The second kappa shape index (κ2) is 5.41. The number of aromatic nitrogens is 3. The Labute approximate surface area is 96.6 Å². The van der Waals surface area contributed by atoms with E-state index < -0.39 is 0 Å². The van der Waals surface area contributed by atoms with E-state index in [4.69, 9.17) is 0 Å². The number of hydrogen-bond acceptors (Lipinski definition) is 4. The molecule has 2 unspecified atom stereocenters. The van der Waals surface area contributed by atoms with Crippen LogP contribution in [-0.2, 0) is 7.05 Å². The fraction of sp³-hybridized carbons (Fsp3) is 0.818. The molecule has 5 nitrogen and oxygen atoms in total. The molecule has 1 aromatic heterocycles. The van der Waals surface area contributed by atoms with Gasteiger partial charge >= 0.3 is 0 Å². The summed E-state index contributed by atoms with van der Waals surface area (Å²) in [6.07, 6.45) is 5.68. The van der Waals surface area contributed by atoms with E-state index in [0.717, 1.165) is 18.9 Å². The van der Waals surface area contributed by atoms with Crippen LogP contribution in [0.2, 0.25) is 0 Å². The van der Waals surface area contributed by atoms with Gasteiger partial charge in [0, 0.05) is 19.6 Å². The van der Waals surface area contributed by atoms with Crippen molar-refractivity contribution in [1.82, 2.24) is 25.4 Å². The molecule has 2 heterocycles. The van der Waals surface area contributed by atoms with Gasteiger partial charge < -0.3 is 15.2 Å². The average molecular weight is 223 g/mol. The number of nitrogens with zero attached hydrogens (tertiary/aromatic N) is 3. The maximum Gasteiger partial charge on any atom is 0.149 e. The van der Waals surface area contributed by atoms with Crippen molar-refractivity contribution in [2.45, 2.75) is 38.3 Å². The predicted molar refractivity (Wildman–Crippen MR) is 63.1 cm³/mol. The molecule has 2 N–H and O–H groups in total. The smallest absolute Gasteiger partial charge is 0.149 e. The fourth-order valence-corrected chi connectivity index (χ4v) is 2.19. The number of piperidine rings is 1. The number of hydrogen-bond donors (Lipinski definition) is 2. The largest absolute Gasteiger partial charge is 0.319 e. The van der Waals surface area contributed by atoms with E-state index in [0.29, 0.717) is 6.04 Å². The third kappa shape index (κ3) is 2.80. The number of aryl methyl sites for hydroxylation is 1. The van der Waals surface area contributed by atoms with Crippen molar-refractivity contribution in [2.24, 2.45) is 7.05 Å². The summed E-state index contributed by atoms with van der Waals surface area (Å²) < 4.78 is 1.96. The molecular weight excluding hydrogens is 202 g/mol. The Hall–Kier alpha value is -0.940. The lowest BCUT2D eigenvalue weighted by molar-refractivity contribution is 0.367. The molecule has 1 aliphatic rings. The van der Waals surface area contributed by atoms with Gasteiger partial charge in [0.15, 0.2) is 0 Å². The van der Waals surface area contributed by atoms with Gasteiger partial charge in [0.1, 0.15) is 12.2 Å². The van der Waals surface area contributed by atoms with E-state index in [1.165, 1.54) is 19.3 Å². The minimum absolute atomic E-state index is 0.260. The van der Waals surface area contributed by atoms with Gasteiger partial charge in [-0.05, 0) is 26.3 Å². The molecule has 0 aromatic carbocycles. The molecule has 0 bridgehead atoms. The molecule has 1 saturated heterocycles. The van der Waals surface area contributed by atoms with Crippen molar-refractivity contribution in [2.75, 3.05) is 13.1 Å². The molecule has 0 spiro atoms. The summed E-state index contributed by atoms with van der Waals surface area (Å²) in [5, 5.41) is 15.0. The first-order valence-corrected chi connectivity index (χ1v) is 6.08. The first kappa shape index (κ1) is 11.5. The van der Waals surface area contributed by atoms with Gasteiger partial charge in [0.2, 0.25) is 0 Å². The number of rotatable bonds is 4. The predicted octanol–water partition coefficient (Wildman–Crippen LogP) is 0.608. The van der Waals surface area contributed by atoms with Crippen LogP contribution in [0.15, 0.2) is 6.33 Å². The lowest BCUT2D eigenvalue weighted by Crippen LogP contribution is -2.42. The summed E-state index contributed by atoms with van der Waals surface area (Å²) in [6.45, 7) is 4.30. The second-order valence-corrected chi connectivity index (χ2v) is 4.58. The molecule has 5 heteroatoms. The lowest BCUT2D eigenvalue weighted by atomic mass is 10.0. The first-order valence-electron chi connectivity index (χ1n) is 6.08. The molecule has 0 amide bonds. The van der Waals surface area contributed by atoms with Gasteiger partial charge in [-0.1, -0.05) is 6.42 Å². The van der Waals surface area contributed by atoms with Crippen molar-refractivity contribution >= 4 is 0 Å². The molecule has 1 fully saturated rings. The van der Waals surface area contributed by atoms with E-state index >= 15 is 0 Å². The summed E-state index contributed by atoms with van der Waals surface area (Å²) in [7, 11) is 1.98. The van der Waals surface area contributed by atoms with Gasteiger partial charge in [0.05, 0.1) is 6.04 Å². The zero-order chi connectivity index (χ0) is 11.4. The Morgan fingerprint density at radius 3 is 3.12 bits per heavy atom. The highest BCUT2D eigenvalue weighted by Gasteiger charge is 2.15. The van der Waals surface area contributed by atoms with Crippen LogP contribution in [0.4, 0.5) is 0 Å². The monoisotopic (exact) mass is 223 g/mol. The molecule has 0 aliphatic carbocycles. The Morgan fingerprint density at radius 2 is 2.50 bits per heavy atom. The summed E-state index contributed by atoms with van der Waals surface area (Å²) in [5.74, 6) is 0.996. The Balaban J connectivity index is 1.79. The van der Waals surface area contributed by atoms with E-state index in [9.17, 15) is 0 Å². The Morgan fingerprint density at radius 1 is 1.62 bits per heavy atom. The third-order valence-corrected chi connectivity index (χ3v) is 3.22. The van der Waals surface area contributed by atoms with Gasteiger partial charge in [-0.25, -0.2) is 0 Å². The molecule has 90 valence electrons. The second-order valence-electron chi connectivity index (χ2n) is 4.58. The van der Waals surface area contributed by atoms with Gasteiger partial charge in [0.25, 0.3) is 0 Å². The maximum absolute atomic E-state index is 4.11. The summed E-state index contributed by atoms with van der Waals surface area (Å²) in [4.78, 5) is 0. The minimum atomic E-state index is 0.260. The Kier molecular flexibility index (Phi) is 3.90. The van der Waals surface area contributed by atoms with Crippen LogP contribution in [0.5, 0.6) is 0 Å². The van der Waals surface area contributed by atoms with Gasteiger partial charge in [-0.15, -0.1) is 10.2 Å². The molecule has 2 rings (SSSR count). The lowest BCUT2D eigenvalue weighted by Gasteiger charge is -2.25. The number of nitrogens with one attached hydrogen (secondary N) is 2. The van der Waals surface area contributed by atoms with Crippen LogP contribution in [-0.4, -0.2) is 33.9 Å². The maximum atomic E-state index is 4.11. The molecule has 1 aliphatic heterocycles. The fourth-order valence-electron chi connectivity index (χ4n) is 2.19. The Bertz CT molecular complexity index is 316. The molecular formula is C11H21N5. The van der Waals surface area contributed by atoms with Crippen molar-refractivity contribution in [3.63, 3.8) is 0 Å². The topological polar surface area (TPSA) is 54.8 Å². The highest BCUT2D eigenvalue weighted by molar-refractivity contribution is 4.92. The van der Waals surface area contributed by atoms with Crippen molar-refractivity contribution < 1.29 is 0 Å². The average Bonchev–Trinajstić information content (AvgIpc) is 2.74. The van der Waals surface area contributed by atoms with Crippen LogP contribution < -0.4 is 10.6 Å². The van der Waals surface area contributed by atoms with E-state index in [1.54, 1.807) is 6.33 Å². The van der Waals surface area contributed by atoms with E-state index in [2.05, 4.69) is 27.8 Å². The molecule has 0 radical (unpaired) electrons. The zero-order valence-corrected chi connectivity index (χ0v) is 10.1. The van der Waals surface area contributed by atoms with E-state index in [1.807, 2.05) is 11.6 Å². The summed E-state index contributed by atoms with van der Waals surface area (Å²) in [6, 6.07) is 0.876. The van der Waals surface area contributed by atoms with Gasteiger partial charge in [-0.2, -0.15) is 0 Å². The molecule has 16 heavy (non-hydrogen) atoms. The highest BCUT2D eigenvalue weighted by atomic mass is 15.3. The molecule has 1 aromatic rings. The SMILES string of the molecule is CC(NCC1CCCCN1)c1nncn1C. The molecule has 0 saturated carbocycles. The van der Waals surface area contributed by atoms with Crippen LogP contribution in [0.1, 0.15) is 38.1 Å². The first-order chi connectivity index (χ1) is 7.77. The van der Waals surface area contributed by atoms with E-state index in [-0.39, 0.29) is 6.04 Å². The van der Waals surface area contributed by atoms with Crippen molar-refractivity contribution in [3.05, 3.63) is 12.2 Å². The molecule has 2 atom stereocenters. The van der Waals surface area contributed by atoms with Crippen LogP contribution >= 0.6 is 0 Å². The quantitative estimate of drug-likeness (QED) is 0.785. The van der Waals surface area contributed by atoms with Crippen LogP contribution in [0, 0.1) is 0 Å².